The van der Waals surface area contributed by atoms with Gasteiger partial charge in [0.25, 0.3) is 0 Å². The molecule has 0 radical (unpaired) electrons. The Labute approximate surface area is 314 Å². The molecule has 4 N–H and O–H groups in total. The number of aromatic nitrogens is 2. The first-order valence-electron chi connectivity index (χ1n) is 18.3. The normalized spacial score (nSPS) is 11.7. The van der Waals surface area contributed by atoms with E-state index in [-0.39, 0.29) is 0 Å². The van der Waals surface area contributed by atoms with Crippen LogP contribution in [-0.2, 0) is 26.2 Å². The zero-order valence-corrected chi connectivity index (χ0v) is 29.8. The SMILES string of the molecule is OB(O)c1ccccc1CN(CCN(Cc1ccccc1B(O)O)Cc1c2ccccc2nc2ccccc12)Cc1c2ccccc2nc2ccccc12. The first-order valence-corrected chi connectivity index (χ1v) is 18.3. The third-order valence-electron chi connectivity index (χ3n) is 10.3. The molecule has 8 aromatic rings. The third-order valence-corrected chi connectivity index (χ3v) is 10.3. The smallest absolute Gasteiger partial charge is 0.423 e. The van der Waals surface area contributed by atoms with Crippen LogP contribution in [0.5, 0.6) is 0 Å². The van der Waals surface area contributed by atoms with Gasteiger partial charge in [0.2, 0.25) is 0 Å². The first kappa shape index (κ1) is 35.6. The summed E-state index contributed by atoms with van der Waals surface area (Å²) in [5, 5.41) is 45.7. The van der Waals surface area contributed by atoms with Crippen molar-refractivity contribution in [2.45, 2.75) is 26.2 Å². The fourth-order valence-corrected chi connectivity index (χ4v) is 7.70. The van der Waals surface area contributed by atoms with Crippen LogP contribution >= 0.6 is 0 Å². The Morgan fingerprint density at radius 1 is 0.370 bits per heavy atom. The maximum atomic E-state index is 10.4. The molecule has 6 aromatic carbocycles. The largest absolute Gasteiger partial charge is 0.488 e. The second-order valence-corrected chi connectivity index (χ2v) is 13.8. The van der Waals surface area contributed by atoms with Crippen molar-refractivity contribution in [1.29, 1.82) is 0 Å². The Morgan fingerprint density at radius 2 is 0.667 bits per heavy atom. The van der Waals surface area contributed by atoms with Gasteiger partial charge in [-0.15, -0.1) is 0 Å². The molecular formula is C44H40B2N4O4. The molecule has 0 saturated heterocycles. The van der Waals surface area contributed by atoms with Gasteiger partial charge in [-0.1, -0.05) is 121 Å². The molecule has 0 atom stereocenters. The van der Waals surface area contributed by atoms with Crippen LogP contribution in [-0.4, -0.2) is 67.2 Å². The van der Waals surface area contributed by atoms with Crippen molar-refractivity contribution in [3.05, 3.63) is 168 Å². The van der Waals surface area contributed by atoms with Gasteiger partial charge < -0.3 is 20.1 Å². The molecule has 0 fully saturated rings. The topological polar surface area (TPSA) is 113 Å². The summed E-state index contributed by atoms with van der Waals surface area (Å²) in [4.78, 5) is 14.7. The second kappa shape index (κ2) is 15.9. The van der Waals surface area contributed by atoms with Gasteiger partial charge in [0, 0.05) is 60.8 Å². The fourth-order valence-electron chi connectivity index (χ4n) is 7.70. The standard InChI is InChI=1S/C44H40B2N4O4/c51-45(52)39-19-7-1-13-31(39)27-49(29-37-33-15-3-9-21-41(33)47-42-22-10-4-16-34(37)42)25-26-50(28-32-14-2-8-20-40(32)46(53)54)30-38-35-17-5-11-23-43(35)48-44-24-12-6-18-36(38)44/h1-24,51-54H,25-30H2. The molecule has 0 spiro atoms. The summed E-state index contributed by atoms with van der Waals surface area (Å²) in [5.74, 6) is 0. The minimum absolute atomic E-state index is 0.472. The lowest BCUT2D eigenvalue weighted by Crippen LogP contribution is -2.39. The number of pyridine rings is 2. The summed E-state index contributed by atoms with van der Waals surface area (Å²) >= 11 is 0. The summed E-state index contributed by atoms with van der Waals surface area (Å²) in [7, 11) is -3.20. The van der Waals surface area contributed by atoms with Crippen LogP contribution in [0.3, 0.4) is 0 Å². The van der Waals surface area contributed by atoms with Crippen molar-refractivity contribution in [2.24, 2.45) is 0 Å². The van der Waals surface area contributed by atoms with E-state index in [4.69, 9.17) is 9.97 Å². The van der Waals surface area contributed by atoms with E-state index >= 15 is 0 Å². The van der Waals surface area contributed by atoms with Crippen LogP contribution in [0.4, 0.5) is 0 Å². The Morgan fingerprint density at radius 3 is 1.00 bits per heavy atom. The molecular weight excluding hydrogens is 670 g/mol. The summed E-state index contributed by atoms with van der Waals surface area (Å²) in [6.07, 6.45) is 0. The van der Waals surface area contributed by atoms with Crippen LogP contribution in [0.25, 0.3) is 43.6 Å². The van der Waals surface area contributed by atoms with Crippen LogP contribution in [0.2, 0.25) is 0 Å². The average Bonchev–Trinajstić information content (AvgIpc) is 3.19. The average molecular weight is 710 g/mol. The molecule has 0 aliphatic carbocycles. The number of rotatable bonds is 13. The lowest BCUT2D eigenvalue weighted by Gasteiger charge is -2.30. The Balaban J connectivity index is 1.21. The zero-order valence-electron chi connectivity index (χ0n) is 29.8. The molecule has 0 unspecified atom stereocenters. The highest BCUT2D eigenvalue weighted by molar-refractivity contribution is 6.59. The van der Waals surface area contributed by atoms with Crippen molar-refractivity contribution < 1.29 is 20.1 Å². The minimum atomic E-state index is -1.60. The van der Waals surface area contributed by atoms with Crippen LogP contribution in [0.1, 0.15) is 22.3 Å². The van der Waals surface area contributed by atoms with Crippen molar-refractivity contribution in [1.82, 2.24) is 19.8 Å². The molecule has 8 nitrogen and oxygen atoms in total. The molecule has 54 heavy (non-hydrogen) atoms. The quantitative estimate of drug-likeness (QED) is 0.0961. The number of fused-ring (bicyclic) bond motifs is 4. The second-order valence-electron chi connectivity index (χ2n) is 13.8. The molecule has 2 aromatic heterocycles. The fraction of sp³-hybridized carbons (Fsp3) is 0.136. The maximum Gasteiger partial charge on any atom is 0.488 e. The van der Waals surface area contributed by atoms with Crippen LogP contribution in [0, 0.1) is 0 Å². The van der Waals surface area contributed by atoms with Gasteiger partial charge in [0.15, 0.2) is 0 Å². The number of hydrogen-bond acceptors (Lipinski definition) is 8. The van der Waals surface area contributed by atoms with Crippen LogP contribution < -0.4 is 10.9 Å². The van der Waals surface area contributed by atoms with E-state index in [1.165, 1.54) is 0 Å². The number of nitrogens with zero attached hydrogens (tertiary/aromatic N) is 4. The van der Waals surface area contributed by atoms with Crippen molar-refractivity contribution >= 4 is 68.8 Å². The van der Waals surface area contributed by atoms with Gasteiger partial charge in [-0.3, -0.25) is 9.80 Å². The number of para-hydroxylation sites is 4. The molecule has 266 valence electrons. The monoisotopic (exact) mass is 710 g/mol. The Bertz CT molecular complexity index is 2300. The van der Waals surface area contributed by atoms with E-state index in [0.29, 0.717) is 50.2 Å². The third kappa shape index (κ3) is 7.49. The van der Waals surface area contributed by atoms with Gasteiger partial charge in [0.05, 0.1) is 22.1 Å². The van der Waals surface area contributed by atoms with Gasteiger partial charge in [0.1, 0.15) is 0 Å². The molecule has 0 bridgehead atoms. The molecule has 2 heterocycles. The summed E-state index contributed by atoms with van der Waals surface area (Å²) in [6.45, 7) is 3.34. The minimum Gasteiger partial charge on any atom is -0.423 e. The Hall–Kier alpha value is -5.45. The van der Waals surface area contributed by atoms with Gasteiger partial charge >= 0.3 is 14.2 Å². The maximum absolute atomic E-state index is 10.4. The number of hydrogen-bond donors (Lipinski definition) is 4. The lowest BCUT2D eigenvalue weighted by atomic mass is 9.77. The number of benzene rings is 6. The van der Waals surface area contributed by atoms with Crippen molar-refractivity contribution in [3.8, 4) is 0 Å². The summed E-state index contributed by atoms with van der Waals surface area (Å²) in [5.41, 5.74) is 8.64. The highest BCUT2D eigenvalue weighted by Crippen LogP contribution is 2.30. The Kier molecular flexibility index (Phi) is 10.5. The van der Waals surface area contributed by atoms with E-state index in [2.05, 4.69) is 34.1 Å². The first-order chi connectivity index (χ1) is 26.4. The van der Waals surface area contributed by atoms with E-state index in [1.807, 2.05) is 109 Å². The van der Waals surface area contributed by atoms with E-state index in [0.717, 1.165) is 65.9 Å². The predicted molar refractivity (Wildman–Crippen MR) is 219 cm³/mol. The van der Waals surface area contributed by atoms with Gasteiger partial charge in [-0.2, -0.15) is 0 Å². The zero-order chi connectivity index (χ0) is 37.0. The molecule has 0 aliphatic heterocycles. The van der Waals surface area contributed by atoms with E-state index < -0.39 is 14.2 Å². The molecule has 8 rings (SSSR count). The molecule has 10 heteroatoms. The summed E-state index contributed by atoms with van der Waals surface area (Å²) < 4.78 is 0. The highest BCUT2D eigenvalue weighted by Gasteiger charge is 2.23. The molecule has 0 aliphatic rings. The van der Waals surface area contributed by atoms with E-state index in [9.17, 15) is 20.1 Å². The van der Waals surface area contributed by atoms with Crippen LogP contribution in [0.15, 0.2) is 146 Å². The lowest BCUT2D eigenvalue weighted by molar-refractivity contribution is 0.184. The van der Waals surface area contributed by atoms with Crippen molar-refractivity contribution in [3.63, 3.8) is 0 Å². The van der Waals surface area contributed by atoms with Gasteiger partial charge in [-0.25, -0.2) is 9.97 Å². The summed E-state index contributed by atoms with van der Waals surface area (Å²) in [6, 6.07) is 47.8. The predicted octanol–water partition coefficient (Wildman–Crippen LogP) is 5.15. The molecule has 0 amide bonds. The van der Waals surface area contributed by atoms with E-state index in [1.54, 1.807) is 12.1 Å². The van der Waals surface area contributed by atoms with Crippen molar-refractivity contribution in [2.75, 3.05) is 13.1 Å². The highest BCUT2D eigenvalue weighted by atomic mass is 16.4. The molecule has 0 saturated carbocycles. The van der Waals surface area contributed by atoms with Gasteiger partial charge in [-0.05, 0) is 57.4 Å².